The van der Waals surface area contributed by atoms with Gasteiger partial charge < -0.3 is 10.5 Å². The van der Waals surface area contributed by atoms with Gasteiger partial charge in [0.1, 0.15) is 11.4 Å². The second kappa shape index (κ2) is 4.69. The number of ether oxygens (including phenoxy) is 1. The van der Waals surface area contributed by atoms with Gasteiger partial charge in [-0.05, 0) is 36.8 Å². The Bertz CT molecular complexity index is 575. The van der Waals surface area contributed by atoms with Crippen molar-refractivity contribution in [1.29, 1.82) is 0 Å². The average molecular weight is 243 g/mol. The molecule has 0 saturated carbocycles. The summed E-state index contributed by atoms with van der Waals surface area (Å²) in [5.74, 6) is 0.390. The molecule has 2 aromatic carbocycles. The third-order valence-corrected chi connectivity index (χ3v) is 2.72. The Hall–Kier alpha value is -2.03. The smallest absolute Gasteiger partial charge is 0.221 e. The van der Waals surface area contributed by atoms with Gasteiger partial charge >= 0.3 is 0 Å². The van der Waals surface area contributed by atoms with Crippen molar-refractivity contribution in [2.24, 2.45) is 5.73 Å². The van der Waals surface area contributed by atoms with Gasteiger partial charge in [-0.2, -0.15) is 0 Å². The zero-order valence-electron chi connectivity index (χ0n) is 10.6. The van der Waals surface area contributed by atoms with E-state index < -0.39 is 5.60 Å². The second-order valence-corrected chi connectivity index (χ2v) is 5.01. The summed E-state index contributed by atoms with van der Waals surface area (Å²) in [6.07, 6.45) is 0.194. The van der Waals surface area contributed by atoms with Crippen LogP contribution in [-0.2, 0) is 4.79 Å². The van der Waals surface area contributed by atoms with Crippen molar-refractivity contribution >= 4 is 16.7 Å². The zero-order valence-corrected chi connectivity index (χ0v) is 10.6. The van der Waals surface area contributed by atoms with Crippen LogP contribution in [0, 0.1) is 0 Å². The number of carbonyl (C=O) groups is 1. The average Bonchev–Trinajstić information content (AvgIpc) is 2.26. The van der Waals surface area contributed by atoms with E-state index in [2.05, 4.69) is 0 Å². The molecule has 0 aliphatic rings. The lowest BCUT2D eigenvalue weighted by Gasteiger charge is -2.25. The summed E-state index contributed by atoms with van der Waals surface area (Å²) >= 11 is 0. The highest BCUT2D eigenvalue weighted by Gasteiger charge is 2.22. The van der Waals surface area contributed by atoms with Crippen LogP contribution in [0.25, 0.3) is 10.8 Å². The first-order chi connectivity index (χ1) is 8.46. The maximum atomic E-state index is 11.0. The Balaban J connectivity index is 2.24. The molecule has 3 nitrogen and oxygen atoms in total. The largest absolute Gasteiger partial charge is 0.487 e. The number of fused-ring (bicyclic) bond motifs is 1. The van der Waals surface area contributed by atoms with Gasteiger partial charge in [-0.15, -0.1) is 0 Å². The number of amides is 1. The minimum absolute atomic E-state index is 0.194. The number of rotatable bonds is 4. The highest BCUT2D eigenvalue weighted by Crippen LogP contribution is 2.25. The van der Waals surface area contributed by atoms with Crippen LogP contribution in [0.2, 0.25) is 0 Å². The lowest BCUT2D eigenvalue weighted by Crippen LogP contribution is -2.34. The maximum Gasteiger partial charge on any atom is 0.221 e. The Morgan fingerprint density at radius 3 is 2.50 bits per heavy atom. The molecule has 0 bridgehead atoms. The normalized spacial score (nSPS) is 11.4. The standard InChI is InChI=1S/C15H17NO2/c1-15(2,10-14(16)17)18-13-8-7-11-5-3-4-6-12(11)9-13/h3-9H,10H2,1-2H3,(H2,16,17). The van der Waals surface area contributed by atoms with Crippen LogP contribution >= 0.6 is 0 Å². The molecule has 0 spiro atoms. The Kier molecular flexibility index (Phi) is 3.24. The van der Waals surface area contributed by atoms with Gasteiger partial charge in [0, 0.05) is 0 Å². The molecule has 0 saturated heterocycles. The van der Waals surface area contributed by atoms with E-state index in [1.807, 2.05) is 56.3 Å². The van der Waals surface area contributed by atoms with Gasteiger partial charge in [0.25, 0.3) is 0 Å². The molecule has 0 radical (unpaired) electrons. The molecule has 2 aromatic rings. The van der Waals surface area contributed by atoms with Crippen LogP contribution < -0.4 is 10.5 Å². The van der Waals surface area contributed by atoms with Crippen LogP contribution in [-0.4, -0.2) is 11.5 Å². The van der Waals surface area contributed by atoms with Gasteiger partial charge in [0.05, 0.1) is 6.42 Å². The van der Waals surface area contributed by atoms with Crippen LogP contribution in [0.15, 0.2) is 42.5 Å². The molecule has 0 aliphatic heterocycles. The number of primary amides is 1. The molecular weight excluding hydrogens is 226 g/mol. The van der Waals surface area contributed by atoms with Crippen molar-refractivity contribution in [2.45, 2.75) is 25.9 Å². The van der Waals surface area contributed by atoms with E-state index in [1.54, 1.807) is 0 Å². The van der Waals surface area contributed by atoms with E-state index in [0.717, 1.165) is 16.5 Å². The number of carbonyl (C=O) groups excluding carboxylic acids is 1. The van der Waals surface area contributed by atoms with Crippen LogP contribution in [0.3, 0.4) is 0 Å². The minimum Gasteiger partial charge on any atom is -0.487 e. The summed E-state index contributed by atoms with van der Waals surface area (Å²) in [6.45, 7) is 3.71. The van der Waals surface area contributed by atoms with Crippen LogP contribution in [0.5, 0.6) is 5.75 Å². The molecule has 0 aromatic heterocycles. The van der Waals surface area contributed by atoms with Crippen LogP contribution in [0.4, 0.5) is 0 Å². The van der Waals surface area contributed by atoms with E-state index in [1.165, 1.54) is 0 Å². The topological polar surface area (TPSA) is 52.3 Å². The molecule has 94 valence electrons. The third-order valence-electron chi connectivity index (χ3n) is 2.72. The fourth-order valence-electron chi connectivity index (χ4n) is 2.01. The highest BCUT2D eigenvalue weighted by molar-refractivity contribution is 5.83. The summed E-state index contributed by atoms with van der Waals surface area (Å²) in [5, 5.41) is 2.28. The second-order valence-electron chi connectivity index (χ2n) is 5.01. The van der Waals surface area contributed by atoms with E-state index in [9.17, 15) is 4.79 Å². The SMILES string of the molecule is CC(C)(CC(N)=O)Oc1ccc2ccccc2c1. The predicted octanol–water partition coefficient (Wildman–Crippen LogP) is 2.87. The maximum absolute atomic E-state index is 11.0. The van der Waals surface area contributed by atoms with Gasteiger partial charge in [0.2, 0.25) is 5.91 Å². The Morgan fingerprint density at radius 1 is 1.17 bits per heavy atom. The Labute approximate surface area is 107 Å². The van der Waals surface area contributed by atoms with Crippen molar-refractivity contribution in [3.05, 3.63) is 42.5 Å². The number of hydrogen-bond acceptors (Lipinski definition) is 2. The quantitative estimate of drug-likeness (QED) is 0.897. The fraction of sp³-hybridized carbons (Fsp3) is 0.267. The molecule has 0 atom stereocenters. The molecule has 3 heteroatoms. The van der Waals surface area contributed by atoms with Crippen molar-refractivity contribution in [3.63, 3.8) is 0 Å². The summed E-state index contributed by atoms with van der Waals surface area (Å²) in [5.41, 5.74) is 4.61. The first-order valence-corrected chi connectivity index (χ1v) is 5.92. The summed E-state index contributed by atoms with van der Waals surface area (Å²) in [4.78, 5) is 11.0. The number of hydrogen-bond donors (Lipinski definition) is 1. The zero-order chi connectivity index (χ0) is 13.2. The molecule has 2 N–H and O–H groups in total. The lowest BCUT2D eigenvalue weighted by molar-refractivity contribution is -0.121. The number of benzene rings is 2. The summed E-state index contributed by atoms with van der Waals surface area (Å²) in [6, 6.07) is 14.0. The monoisotopic (exact) mass is 243 g/mol. The molecule has 0 aliphatic carbocycles. The molecule has 0 unspecified atom stereocenters. The van der Waals surface area contributed by atoms with Crippen molar-refractivity contribution in [2.75, 3.05) is 0 Å². The van der Waals surface area contributed by atoms with E-state index >= 15 is 0 Å². The number of nitrogens with two attached hydrogens (primary N) is 1. The minimum atomic E-state index is -0.589. The molecule has 18 heavy (non-hydrogen) atoms. The van der Waals surface area contributed by atoms with Crippen LogP contribution in [0.1, 0.15) is 20.3 Å². The lowest BCUT2D eigenvalue weighted by atomic mass is 10.0. The van der Waals surface area contributed by atoms with Crippen molar-refractivity contribution in [3.8, 4) is 5.75 Å². The molecule has 0 heterocycles. The van der Waals surface area contributed by atoms with Gasteiger partial charge in [0.15, 0.2) is 0 Å². The van der Waals surface area contributed by atoms with Crippen molar-refractivity contribution < 1.29 is 9.53 Å². The molecule has 1 amide bonds. The van der Waals surface area contributed by atoms with Gasteiger partial charge in [-0.1, -0.05) is 30.3 Å². The highest BCUT2D eigenvalue weighted by atomic mass is 16.5. The first kappa shape index (κ1) is 12.4. The van der Waals surface area contributed by atoms with E-state index in [0.29, 0.717) is 0 Å². The fourth-order valence-corrected chi connectivity index (χ4v) is 2.01. The molecule has 0 fully saturated rings. The van der Waals surface area contributed by atoms with E-state index in [4.69, 9.17) is 10.5 Å². The van der Waals surface area contributed by atoms with Gasteiger partial charge in [-0.3, -0.25) is 4.79 Å². The molecule has 2 rings (SSSR count). The van der Waals surface area contributed by atoms with Crippen molar-refractivity contribution in [1.82, 2.24) is 0 Å². The molecular formula is C15H17NO2. The Morgan fingerprint density at radius 2 is 1.83 bits per heavy atom. The first-order valence-electron chi connectivity index (χ1n) is 5.92. The third kappa shape index (κ3) is 3.00. The van der Waals surface area contributed by atoms with E-state index in [-0.39, 0.29) is 12.3 Å². The van der Waals surface area contributed by atoms with Gasteiger partial charge in [-0.25, -0.2) is 0 Å². The summed E-state index contributed by atoms with van der Waals surface area (Å²) < 4.78 is 5.82. The summed E-state index contributed by atoms with van der Waals surface area (Å²) in [7, 11) is 0. The predicted molar refractivity (Wildman–Crippen MR) is 72.5 cm³/mol.